The summed E-state index contributed by atoms with van der Waals surface area (Å²) in [6, 6.07) is 3.36. The number of rotatable bonds is 2. The maximum absolute atomic E-state index is 12.9. The van der Waals surface area contributed by atoms with Gasteiger partial charge >= 0.3 is 5.97 Å². The van der Waals surface area contributed by atoms with E-state index < -0.39 is 11.8 Å². The molecule has 0 bridgehead atoms. The van der Waals surface area contributed by atoms with Crippen LogP contribution in [0, 0.1) is 5.82 Å². The zero-order valence-electron chi connectivity index (χ0n) is 7.85. The van der Waals surface area contributed by atoms with Crippen LogP contribution in [0.2, 0.25) is 0 Å². The van der Waals surface area contributed by atoms with E-state index in [1.54, 1.807) is 0 Å². The molecule has 0 saturated heterocycles. The van der Waals surface area contributed by atoms with E-state index in [0.29, 0.717) is 0 Å². The number of aromatic carboxylic acids is 1. The lowest BCUT2D eigenvalue weighted by molar-refractivity contribution is 0.0697. The van der Waals surface area contributed by atoms with Crippen molar-refractivity contribution in [1.82, 2.24) is 4.98 Å². The standard InChI is InChI=1S/C10H6FNO3S/c11-5-1-2-6(7(3-5)10(13)14)9-12-4-8(16)15-9/h1-4,16H,(H,13,14). The van der Waals surface area contributed by atoms with Crippen molar-refractivity contribution in [1.29, 1.82) is 0 Å². The predicted octanol–water partition coefficient (Wildman–Crippen LogP) is 2.47. The number of carboxylic acid groups (broad SMARTS) is 1. The Morgan fingerprint density at radius 3 is 2.81 bits per heavy atom. The van der Waals surface area contributed by atoms with E-state index in [9.17, 15) is 9.18 Å². The SMILES string of the molecule is O=C(O)c1cc(F)ccc1-c1ncc(S)o1. The summed E-state index contributed by atoms with van der Waals surface area (Å²) >= 11 is 3.91. The molecule has 0 aliphatic rings. The van der Waals surface area contributed by atoms with Gasteiger partial charge < -0.3 is 9.52 Å². The lowest BCUT2D eigenvalue weighted by Crippen LogP contribution is -2.00. The second-order valence-electron chi connectivity index (χ2n) is 3.00. The van der Waals surface area contributed by atoms with Crippen molar-refractivity contribution >= 4 is 18.6 Å². The van der Waals surface area contributed by atoms with Gasteiger partial charge in [0, 0.05) is 0 Å². The van der Waals surface area contributed by atoms with Gasteiger partial charge in [-0.1, -0.05) is 0 Å². The maximum atomic E-state index is 12.9. The first-order valence-electron chi connectivity index (χ1n) is 4.26. The van der Waals surface area contributed by atoms with Gasteiger partial charge in [-0.05, 0) is 18.2 Å². The lowest BCUT2D eigenvalue weighted by atomic mass is 10.1. The summed E-state index contributed by atoms with van der Waals surface area (Å²) in [5.41, 5.74) is 0.0179. The van der Waals surface area contributed by atoms with Crippen LogP contribution in [0.25, 0.3) is 11.5 Å². The second kappa shape index (κ2) is 3.97. The van der Waals surface area contributed by atoms with Gasteiger partial charge in [0.15, 0.2) is 5.09 Å². The number of aromatic nitrogens is 1. The highest BCUT2D eigenvalue weighted by atomic mass is 32.1. The molecule has 0 saturated carbocycles. The average molecular weight is 239 g/mol. The van der Waals surface area contributed by atoms with Crippen LogP contribution in [-0.4, -0.2) is 16.1 Å². The molecule has 2 rings (SSSR count). The average Bonchev–Trinajstić information content (AvgIpc) is 2.64. The number of thiol groups is 1. The third-order valence-electron chi connectivity index (χ3n) is 1.94. The van der Waals surface area contributed by atoms with Crippen molar-refractivity contribution in [3.8, 4) is 11.5 Å². The van der Waals surface area contributed by atoms with Gasteiger partial charge in [0.25, 0.3) is 0 Å². The van der Waals surface area contributed by atoms with Crippen molar-refractivity contribution in [2.75, 3.05) is 0 Å². The number of oxazole rings is 1. The molecule has 6 heteroatoms. The number of carboxylic acids is 1. The highest BCUT2D eigenvalue weighted by molar-refractivity contribution is 7.80. The molecule has 0 amide bonds. The summed E-state index contributed by atoms with van der Waals surface area (Å²) in [6.45, 7) is 0. The Balaban J connectivity index is 2.60. The van der Waals surface area contributed by atoms with Gasteiger partial charge in [-0.15, -0.1) is 12.6 Å². The third kappa shape index (κ3) is 1.92. The molecule has 0 fully saturated rings. The first kappa shape index (κ1) is 10.7. The van der Waals surface area contributed by atoms with Crippen molar-refractivity contribution in [3.63, 3.8) is 0 Å². The minimum Gasteiger partial charge on any atom is -0.478 e. The first-order chi connectivity index (χ1) is 7.58. The summed E-state index contributed by atoms with van der Waals surface area (Å²) in [7, 11) is 0. The monoisotopic (exact) mass is 239 g/mol. The Kier molecular flexibility index (Phi) is 2.66. The maximum Gasteiger partial charge on any atom is 0.336 e. The largest absolute Gasteiger partial charge is 0.478 e. The van der Waals surface area contributed by atoms with E-state index in [4.69, 9.17) is 9.52 Å². The molecule has 16 heavy (non-hydrogen) atoms. The van der Waals surface area contributed by atoms with E-state index in [0.717, 1.165) is 12.1 Å². The molecule has 0 atom stereocenters. The number of benzene rings is 1. The van der Waals surface area contributed by atoms with Crippen LogP contribution >= 0.6 is 12.6 Å². The normalized spacial score (nSPS) is 10.4. The highest BCUT2D eigenvalue weighted by Crippen LogP contribution is 2.25. The van der Waals surface area contributed by atoms with Crippen molar-refractivity contribution in [3.05, 3.63) is 35.8 Å². The fourth-order valence-electron chi connectivity index (χ4n) is 1.27. The van der Waals surface area contributed by atoms with E-state index in [1.807, 2.05) is 0 Å². The Labute approximate surface area is 95.1 Å². The van der Waals surface area contributed by atoms with Crippen molar-refractivity contribution in [2.45, 2.75) is 5.09 Å². The molecule has 0 unspecified atom stereocenters. The van der Waals surface area contributed by atoms with E-state index in [2.05, 4.69) is 17.6 Å². The number of carbonyl (C=O) groups is 1. The molecule has 4 nitrogen and oxygen atoms in total. The minimum atomic E-state index is -1.24. The molecule has 0 aliphatic heterocycles. The van der Waals surface area contributed by atoms with Gasteiger partial charge in [0.05, 0.1) is 17.3 Å². The summed E-state index contributed by atoms with van der Waals surface area (Å²) in [5, 5.41) is 9.16. The Morgan fingerprint density at radius 1 is 1.50 bits per heavy atom. The molecule has 2 aromatic rings. The molecule has 1 aromatic heterocycles. The smallest absolute Gasteiger partial charge is 0.336 e. The molecule has 0 spiro atoms. The molecule has 1 N–H and O–H groups in total. The summed E-state index contributed by atoms with van der Waals surface area (Å²) in [5.74, 6) is -1.77. The van der Waals surface area contributed by atoms with Gasteiger partial charge in [-0.25, -0.2) is 14.2 Å². The van der Waals surface area contributed by atoms with E-state index in [-0.39, 0.29) is 22.1 Å². The van der Waals surface area contributed by atoms with Crippen molar-refractivity contribution in [2.24, 2.45) is 0 Å². The van der Waals surface area contributed by atoms with Gasteiger partial charge in [0.1, 0.15) is 5.82 Å². The number of hydrogen-bond donors (Lipinski definition) is 2. The zero-order valence-corrected chi connectivity index (χ0v) is 8.74. The Morgan fingerprint density at radius 2 is 2.25 bits per heavy atom. The zero-order chi connectivity index (χ0) is 11.7. The number of halogens is 1. The molecule has 1 aromatic carbocycles. The van der Waals surface area contributed by atoms with Gasteiger partial charge in [-0.3, -0.25) is 0 Å². The fraction of sp³-hybridized carbons (Fsp3) is 0. The van der Waals surface area contributed by atoms with Crippen LogP contribution in [0.3, 0.4) is 0 Å². The lowest BCUT2D eigenvalue weighted by Gasteiger charge is -2.01. The van der Waals surface area contributed by atoms with Crippen LogP contribution < -0.4 is 0 Å². The Hall–Kier alpha value is -1.82. The second-order valence-corrected chi connectivity index (χ2v) is 3.44. The highest BCUT2D eigenvalue weighted by Gasteiger charge is 2.16. The topological polar surface area (TPSA) is 63.3 Å². The molecular formula is C10H6FNO3S. The molecule has 82 valence electrons. The number of hydrogen-bond acceptors (Lipinski definition) is 4. The third-order valence-corrected chi connectivity index (χ3v) is 2.14. The molecule has 0 radical (unpaired) electrons. The molecule has 1 heterocycles. The van der Waals surface area contributed by atoms with Crippen LogP contribution in [0.1, 0.15) is 10.4 Å². The van der Waals surface area contributed by atoms with Crippen LogP contribution in [0.4, 0.5) is 4.39 Å². The molecule has 0 aliphatic carbocycles. The van der Waals surface area contributed by atoms with Gasteiger partial charge in [0.2, 0.25) is 5.89 Å². The summed E-state index contributed by atoms with van der Waals surface area (Å²) in [4.78, 5) is 14.7. The summed E-state index contributed by atoms with van der Waals surface area (Å²) in [6.07, 6.45) is 1.34. The van der Waals surface area contributed by atoms with Crippen LogP contribution in [-0.2, 0) is 0 Å². The van der Waals surface area contributed by atoms with Gasteiger partial charge in [-0.2, -0.15) is 0 Å². The van der Waals surface area contributed by atoms with E-state index >= 15 is 0 Å². The first-order valence-corrected chi connectivity index (χ1v) is 4.70. The molecular weight excluding hydrogens is 233 g/mol. The van der Waals surface area contributed by atoms with Crippen molar-refractivity contribution < 1.29 is 18.7 Å². The number of nitrogens with zero attached hydrogens (tertiary/aromatic N) is 1. The Bertz CT molecular complexity index is 553. The predicted molar refractivity (Wildman–Crippen MR) is 56.1 cm³/mol. The van der Waals surface area contributed by atoms with E-state index in [1.165, 1.54) is 12.3 Å². The summed E-state index contributed by atoms with van der Waals surface area (Å²) < 4.78 is 18.0. The minimum absolute atomic E-state index is 0.0994. The van der Waals surface area contributed by atoms with Crippen LogP contribution in [0.5, 0.6) is 0 Å². The fourth-order valence-corrected chi connectivity index (χ4v) is 1.41. The quantitative estimate of drug-likeness (QED) is 0.790. The van der Waals surface area contributed by atoms with Crippen LogP contribution in [0.15, 0.2) is 33.9 Å².